The highest BCUT2D eigenvalue weighted by atomic mass is 32.1. The van der Waals surface area contributed by atoms with Gasteiger partial charge in [-0.2, -0.15) is 0 Å². The minimum atomic E-state index is -0.351. The summed E-state index contributed by atoms with van der Waals surface area (Å²) in [5.74, 6) is -0.285. The number of hydrogen-bond donors (Lipinski definition) is 2. The Hall–Kier alpha value is -2.61. The van der Waals surface area contributed by atoms with Crippen LogP contribution >= 0.6 is 11.3 Å². The first-order chi connectivity index (χ1) is 12.6. The second-order valence-corrected chi connectivity index (χ2v) is 7.02. The summed E-state index contributed by atoms with van der Waals surface area (Å²) in [4.78, 5) is 38.9. The van der Waals surface area contributed by atoms with Gasteiger partial charge in [0.1, 0.15) is 0 Å². The van der Waals surface area contributed by atoms with Crippen molar-refractivity contribution in [2.24, 2.45) is 0 Å². The maximum atomic E-state index is 12.3. The molecule has 0 saturated carbocycles. The average Bonchev–Trinajstić information content (AvgIpc) is 3.32. The lowest BCUT2D eigenvalue weighted by atomic mass is 10.1. The van der Waals surface area contributed by atoms with Crippen LogP contribution in [0.5, 0.6) is 0 Å². The van der Waals surface area contributed by atoms with E-state index in [9.17, 15) is 14.4 Å². The van der Waals surface area contributed by atoms with Crippen LogP contribution in [-0.4, -0.2) is 42.3 Å². The SMILES string of the molecule is O=C(CCNC(=O)c1ccco1)NCCC(=O)N1CCc2sccc2C1. The quantitative estimate of drug-likeness (QED) is 0.768. The van der Waals surface area contributed by atoms with Crippen LogP contribution < -0.4 is 10.6 Å². The highest BCUT2D eigenvalue weighted by Gasteiger charge is 2.21. The molecule has 3 rings (SSSR count). The monoisotopic (exact) mass is 375 g/mol. The summed E-state index contributed by atoms with van der Waals surface area (Å²) in [5.41, 5.74) is 1.23. The molecule has 8 heteroatoms. The lowest BCUT2D eigenvalue weighted by molar-refractivity contribution is -0.132. The van der Waals surface area contributed by atoms with Gasteiger partial charge >= 0.3 is 0 Å². The molecule has 0 spiro atoms. The third-order valence-corrected chi connectivity index (χ3v) is 5.23. The van der Waals surface area contributed by atoms with Crippen LogP contribution in [0.25, 0.3) is 0 Å². The molecule has 0 atom stereocenters. The van der Waals surface area contributed by atoms with Crippen molar-refractivity contribution in [2.75, 3.05) is 19.6 Å². The van der Waals surface area contributed by atoms with E-state index in [0.29, 0.717) is 13.1 Å². The summed E-state index contributed by atoms with van der Waals surface area (Å²) < 4.78 is 4.96. The average molecular weight is 375 g/mol. The topological polar surface area (TPSA) is 91.6 Å². The van der Waals surface area contributed by atoms with E-state index in [4.69, 9.17) is 4.42 Å². The highest BCUT2D eigenvalue weighted by Crippen LogP contribution is 2.24. The van der Waals surface area contributed by atoms with E-state index < -0.39 is 0 Å². The second kappa shape index (κ2) is 8.66. The molecule has 0 bridgehead atoms. The number of nitrogens with one attached hydrogen (secondary N) is 2. The standard InChI is InChI=1S/C18H21N3O4S/c22-16(3-7-20-18(24)14-2-1-10-25-14)19-8-4-17(23)21-9-5-15-13(12-21)6-11-26-15/h1-2,6,10-11H,3-5,7-9,12H2,(H,19,22)(H,20,24). The second-order valence-electron chi connectivity index (χ2n) is 6.02. The number of carbonyl (C=O) groups excluding carboxylic acids is 3. The van der Waals surface area contributed by atoms with Gasteiger partial charge in [-0.3, -0.25) is 14.4 Å². The smallest absolute Gasteiger partial charge is 0.286 e. The molecule has 0 aromatic carbocycles. The number of amides is 3. The van der Waals surface area contributed by atoms with Crippen molar-refractivity contribution in [1.82, 2.24) is 15.5 Å². The number of furan rings is 1. The van der Waals surface area contributed by atoms with Crippen LogP contribution in [0.1, 0.15) is 33.8 Å². The Morgan fingerprint density at radius 1 is 1.15 bits per heavy atom. The Balaban J connectivity index is 1.30. The van der Waals surface area contributed by atoms with Crippen LogP contribution in [0.3, 0.4) is 0 Å². The summed E-state index contributed by atoms with van der Waals surface area (Å²) in [5, 5.41) is 7.38. The Bertz CT molecular complexity index is 769. The van der Waals surface area contributed by atoms with E-state index >= 15 is 0 Å². The van der Waals surface area contributed by atoms with E-state index in [1.54, 1.807) is 23.5 Å². The maximum Gasteiger partial charge on any atom is 0.286 e. The molecule has 0 radical (unpaired) electrons. The van der Waals surface area contributed by atoms with Crippen LogP contribution in [0.2, 0.25) is 0 Å². The molecule has 3 heterocycles. The van der Waals surface area contributed by atoms with E-state index in [1.165, 1.54) is 16.7 Å². The van der Waals surface area contributed by atoms with Crippen molar-refractivity contribution in [3.63, 3.8) is 0 Å². The Morgan fingerprint density at radius 2 is 2.00 bits per heavy atom. The highest BCUT2D eigenvalue weighted by molar-refractivity contribution is 7.10. The van der Waals surface area contributed by atoms with Crippen molar-refractivity contribution < 1.29 is 18.8 Å². The Kier molecular flexibility index (Phi) is 6.06. The van der Waals surface area contributed by atoms with Crippen molar-refractivity contribution in [2.45, 2.75) is 25.8 Å². The fraction of sp³-hybridized carbons (Fsp3) is 0.389. The molecule has 1 aliphatic rings. The van der Waals surface area contributed by atoms with Gasteiger partial charge in [-0.05, 0) is 35.6 Å². The van der Waals surface area contributed by atoms with Crippen LogP contribution in [0.4, 0.5) is 0 Å². The van der Waals surface area contributed by atoms with Crippen LogP contribution in [-0.2, 0) is 22.6 Å². The molecule has 138 valence electrons. The molecule has 1 aliphatic heterocycles. The van der Waals surface area contributed by atoms with Gasteiger partial charge in [-0.15, -0.1) is 11.3 Å². The van der Waals surface area contributed by atoms with Gasteiger partial charge in [-0.1, -0.05) is 0 Å². The van der Waals surface area contributed by atoms with E-state index in [-0.39, 0.29) is 42.9 Å². The third kappa shape index (κ3) is 4.72. The summed E-state index contributed by atoms with van der Waals surface area (Å²) >= 11 is 1.74. The van der Waals surface area contributed by atoms with Gasteiger partial charge in [0.25, 0.3) is 5.91 Å². The molecule has 7 nitrogen and oxygen atoms in total. The molecule has 2 N–H and O–H groups in total. The third-order valence-electron chi connectivity index (χ3n) is 4.20. The van der Waals surface area contributed by atoms with Crippen molar-refractivity contribution in [3.05, 3.63) is 46.0 Å². The lowest BCUT2D eigenvalue weighted by Gasteiger charge is -2.27. The zero-order valence-corrected chi connectivity index (χ0v) is 15.1. The number of hydrogen-bond acceptors (Lipinski definition) is 5. The number of fused-ring (bicyclic) bond motifs is 1. The minimum absolute atomic E-state index is 0.0493. The van der Waals surface area contributed by atoms with Crippen molar-refractivity contribution >= 4 is 29.1 Å². The normalized spacial score (nSPS) is 13.2. The Labute approximate surface area is 155 Å². The predicted octanol–water partition coefficient (Wildman–Crippen LogP) is 1.55. The molecule has 26 heavy (non-hydrogen) atoms. The molecular weight excluding hydrogens is 354 g/mol. The van der Waals surface area contributed by atoms with Gasteiger partial charge in [0.05, 0.1) is 6.26 Å². The number of thiophene rings is 1. The summed E-state index contributed by atoms with van der Waals surface area (Å²) in [6.45, 7) is 1.91. The molecule has 0 aliphatic carbocycles. The summed E-state index contributed by atoms with van der Waals surface area (Å²) in [7, 11) is 0. The van der Waals surface area contributed by atoms with E-state index in [0.717, 1.165) is 13.0 Å². The van der Waals surface area contributed by atoms with Gasteiger partial charge in [0.15, 0.2) is 5.76 Å². The molecule has 0 fully saturated rings. The number of rotatable bonds is 7. The molecule has 0 saturated heterocycles. The largest absolute Gasteiger partial charge is 0.459 e. The summed E-state index contributed by atoms with van der Waals surface area (Å²) in [6.07, 6.45) is 2.76. The zero-order chi connectivity index (χ0) is 18.4. The minimum Gasteiger partial charge on any atom is -0.459 e. The fourth-order valence-electron chi connectivity index (χ4n) is 2.80. The predicted molar refractivity (Wildman–Crippen MR) is 96.7 cm³/mol. The maximum absolute atomic E-state index is 12.3. The zero-order valence-electron chi connectivity index (χ0n) is 14.3. The first-order valence-electron chi connectivity index (χ1n) is 8.55. The number of carbonyl (C=O) groups is 3. The van der Waals surface area contributed by atoms with Gasteiger partial charge in [-0.25, -0.2) is 0 Å². The lowest BCUT2D eigenvalue weighted by Crippen LogP contribution is -2.38. The molecule has 3 amide bonds. The molecule has 2 aromatic rings. The van der Waals surface area contributed by atoms with Gasteiger partial charge in [0.2, 0.25) is 11.8 Å². The Morgan fingerprint density at radius 3 is 2.81 bits per heavy atom. The summed E-state index contributed by atoms with van der Waals surface area (Å²) in [6, 6.07) is 5.25. The molecule has 2 aromatic heterocycles. The van der Waals surface area contributed by atoms with Gasteiger partial charge < -0.3 is 20.0 Å². The van der Waals surface area contributed by atoms with Crippen LogP contribution in [0.15, 0.2) is 34.3 Å². The van der Waals surface area contributed by atoms with Crippen molar-refractivity contribution in [3.8, 4) is 0 Å². The van der Waals surface area contributed by atoms with Crippen LogP contribution in [0, 0.1) is 0 Å². The first-order valence-corrected chi connectivity index (χ1v) is 9.43. The molecule has 0 unspecified atom stereocenters. The first kappa shape index (κ1) is 18.2. The van der Waals surface area contributed by atoms with E-state index in [2.05, 4.69) is 22.1 Å². The van der Waals surface area contributed by atoms with E-state index in [1.807, 2.05) is 4.90 Å². The number of nitrogens with zero attached hydrogens (tertiary/aromatic N) is 1. The molecular formula is C18H21N3O4S. The fourth-order valence-corrected chi connectivity index (χ4v) is 3.69. The van der Waals surface area contributed by atoms with Gasteiger partial charge in [0, 0.05) is 43.9 Å². The van der Waals surface area contributed by atoms with Crippen molar-refractivity contribution in [1.29, 1.82) is 0 Å².